The highest BCUT2D eigenvalue weighted by atomic mass is 31.2. The minimum atomic E-state index is -4.64. The number of hydrogen-bond acceptors (Lipinski definition) is 8. The van der Waals surface area contributed by atoms with Crippen LogP contribution in [0, 0.1) is 0 Å². The number of phosphoric ester groups is 1. The molecule has 0 bridgehead atoms. The minimum absolute atomic E-state index is 0.0433. The van der Waals surface area contributed by atoms with E-state index in [4.69, 9.17) is 18.5 Å². The van der Waals surface area contributed by atoms with Gasteiger partial charge in [-0.1, -0.05) is 145 Å². The molecule has 58 heavy (non-hydrogen) atoms. The molecule has 0 amide bonds. The Hall–Kier alpha value is -2.55. The molecule has 334 valence electrons. The molecule has 0 spiro atoms. The number of likely N-dealkylation sites (N-methyl/N-ethyl adjacent to an activating group) is 1. The molecule has 10 heteroatoms. The average Bonchev–Trinajstić information content (AvgIpc) is 3.17. The first-order valence-corrected chi connectivity index (χ1v) is 24.1. The van der Waals surface area contributed by atoms with Gasteiger partial charge in [-0.2, -0.15) is 0 Å². The van der Waals surface area contributed by atoms with Crippen LogP contribution < -0.4 is 4.89 Å². The fraction of sp³-hybridized carbons (Fsp3) is 0.708. The minimum Gasteiger partial charge on any atom is -0.756 e. The first kappa shape index (κ1) is 55.5. The van der Waals surface area contributed by atoms with Crippen molar-refractivity contribution in [2.24, 2.45) is 0 Å². The largest absolute Gasteiger partial charge is 0.756 e. The van der Waals surface area contributed by atoms with Crippen molar-refractivity contribution in [1.29, 1.82) is 0 Å². The highest BCUT2D eigenvalue weighted by Gasteiger charge is 2.21. The molecule has 0 rings (SSSR count). The van der Waals surface area contributed by atoms with E-state index in [-0.39, 0.29) is 26.1 Å². The number of esters is 2. The van der Waals surface area contributed by atoms with Crippen LogP contribution in [-0.2, 0) is 32.7 Å². The van der Waals surface area contributed by atoms with Gasteiger partial charge in [0.25, 0.3) is 7.82 Å². The van der Waals surface area contributed by atoms with Gasteiger partial charge in [-0.15, -0.1) is 0 Å². The zero-order valence-electron chi connectivity index (χ0n) is 37.5. The first-order valence-electron chi connectivity index (χ1n) is 22.6. The summed E-state index contributed by atoms with van der Waals surface area (Å²) in [6.45, 7) is 4.04. The molecule has 0 saturated carbocycles. The summed E-state index contributed by atoms with van der Waals surface area (Å²) in [6, 6.07) is 0. The third-order valence-electron chi connectivity index (χ3n) is 9.21. The predicted molar refractivity (Wildman–Crippen MR) is 240 cm³/mol. The van der Waals surface area contributed by atoms with Gasteiger partial charge < -0.3 is 27.9 Å². The number of hydrogen-bond donors (Lipinski definition) is 0. The smallest absolute Gasteiger partial charge is 0.306 e. The van der Waals surface area contributed by atoms with E-state index in [0.29, 0.717) is 23.9 Å². The van der Waals surface area contributed by atoms with E-state index >= 15 is 0 Å². The summed E-state index contributed by atoms with van der Waals surface area (Å²) in [5.41, 5.74) is 0. The van der Waals surface area contributed by atoms with E-state index in [1.165, 1.54) is 51.4 Å². The normalized spacial score (nSPS) is 14.2. The zero-order valence-corrected chi connectivity index (χ0v) is 38.4. The molecule has 0 N–H and O–H groups in total. The topological polar surface area (TPSA) is 111 Å². The number of phosphoric acid groups is 1. The number of allylic oxidation sites excluding steroid dienone is 12. The van der Waals surface area contributed by atoms with Crippen LogP contribution in [0.5, 0.6) is 0 Å². The molecule has 0 aliphatic rings. The highest BCUT2D eigenvalue weighted by Crippen LogP contribution is 2.38. The number of carbonyl (C=O) groups is 2. The van der Waals surface area contributed by atoms with Crippen molar-refractivity contribution in [3.63, 3.8) is 0 Å². The summed E-state index contributed by atoms with van der Waals surface area (Å²) in [5, 5.41) is 0. The van der Waals surface area contributed by atoms with Gasteiger partial charge in [0.15, 0.2) is 6.10 Å². The molecule has 0 aromatic rings. The van der Waals surface area contributed by atoms with E-state index in [0.717, 1.165) is 77.0 Å². The van der Waals surface area contributed by atoms with Crippen molar-refractivity contribution in [2.75, 3.05) is 47.5 Å². The second-order valence-electron chi connectivity index (χ2n) is 16.0. The van der Waals surface area contributed by atoms with Gasteiger partial charge in [0.1, 0.15) is 19.8 Å². The van der Waals surface area contributed by atoms with Crippen LogP contribution in [-0.4, -0.2) is 70.0 Å². The average molecular weight is 834 g/mol. The molecule has 2 atom stereocenters. The molecule has 0 radical (unpaired) electrons. The number of ether oxygens (including phenoxy) is 2. The molecular formula is C48H84NO8P. The number of quaternary nitrogens is 1. The van der Waals surface area contributed by atoms with Crippen LogP contribution in [0.4, 0.5) is 0 Å². The second kappa shape index (κ2) is 39.9. The summed E-state index contributed by atoms with van der Waals surface area (Å²) in [6.07, 6.45) is 49.3. The Labute approximate surface area is 355 Å². The fourth-order valence-electron chi connectivity index (χ4n) is 5.67. The van der Waals surface area contributed by atoms with E-state index in [9.17, 15) is 19.0 Å². The van der Waals surface area contributed by atoms with Crippen molar-refractivity contribution in [2.45, 2.75) is 174 Å². The maximum absolute atomic E-state index is 12.7. The van der Waals surface area contributed by atoms with Crippen molar-refractivity contribution in [1.82, 2.24) is 0 Å². The van der Waals surface area contributed by atoms with Gasteiger partial charge in [0, 0.05) is 12.8 Å². The standard InChI is InChI=1S/C48H84NO8P/c1-6-8-10-12-14-16-18-20-22-23-24-25-27-29-31-33-35-37-39-41-48(51)57-46(45-56-58(52,53)55-43-42-49(3,4)5)44-54-47(50)40-38-36-34-32-30-28-26-21-19-17-15-13-11-9-7-2/h8,10,14,16,20,22,24-25,28-31,46H,6-7,9,11-13,15,17-19,21,23,26-27,32-45H2,1-5H3/b10-8+,16-14+,22-20+,25-24+,30-28+,31-29+/t46-/m1/s1. The fourth-order valence-corrected chi connectivity index (χ4v) is 6.40. The van der Waals surface area contributed by atoms with Crippen LogP contribution in [0.15, 0.2) is 72.9 Å². The highest BCUT2D eigenvalue weighted by molar-refractivity contribution is 7.45. The molecule has 0 saturated heterocycles. The summed E-state index contributed by atoms with van der Waals surface area (Å²) < 4.78 is 33.9. The van der Waals surface area contributed by atoms with Crippen LogP contribution in [0.25, 0.3) is 0 Å². The molecule has 0 aliphatic carbocycles. The van der Waals surface area contributed by atoms with Gasteiger partial charge >= 0.3 is 11.9 Å². The zero-order chi connectivity index (χ0) is 42.8. The van der Waals surface area contributed by atoms with Crippen molar-refractivity contribution in [3.05, 3.63) is 72.9 Å². The number of unbranched alkanes of at least 4 members (excludes halogenated alkanes) is 14. The molecule has 0 aromatic heterocycles. The molecule has 1 unspecified atom stereocenters. The van der Waals surface area contributed by atoms with Crippen molar-refractivity contribution >= 4 is 19.8 Å². The van der Waals surface area contributed by atoms with E-state index < -0.39 is 32.5 Å². The Bertz CT molecular complexity index is 1220. The third-order valence-corrected chi connectivity index (χ3v) is 10.2. The molecular weight excluding hydrogens is 750 g/mol. The van der Waals surface area contributed by atoms with Gasteiger partial charge in [0.05, 0.1) is 27.7 Å². The Morgan fingerprint density at radius 1 is 0.552 bits per heavy atom. The number of rotatable bonds is 40. The summed E-state index contributed by atoms with van der Waals surface area (Å²) in [5.74, 6) is -0.896. The Morgan fingerprint density at radius 3 is 1.48 bits per heavy atom. The summed E-state index contributed by atoms with van der Waals surface area (Å²) in [7, 11) is 1.12. The Morgan fingerprint density at radius 2 is 0.983 bits per heavy atom. The van der Waals surface area contributed by atoms with Gasteiger partial charge in [-0.3, -0.25) is 14.2 Å². The van der Waals surface area contributed by atoms with Gasteiger partial charge in [-0.05, 0) is 83.5 Å². The molecule has 0 heterocycles. The lowest BCUT2D eigenvalue weighted by Crippen LogP contribution is -2.37. The summed E-state index contributed by atoms with van der Waals surface area (Å²) >= 11 is 0. The SMILES string of the molecule is CC/C=C/C/C=C/C/C=C/C/C=C/C/C=C/CCCCCC(=O)O[C@H](COC(=O)CCCCC/C=C/CCCCCCCCCC)COP(=O)([O-])OCC[N+](C)(C)C. The van der Waals surface area contributed by atoms with E-state index in [1.54, 1.807) is 0 Å². The lowest BCUT2D eigenvalue weighted by molar-refractivity contribution is -0.870. The van der Waals surface area contributed by atoms with Crippen LogP contribution in [0.2, 0.25) is 0 Å². The number of carbonyl (C=O) groups excluding carboxylic acids is 2. The molecule has 0 fully saturated rings. The van der Waals surface area contributed by atoms with Crippen molar-refractivity contribution < 1.29 is 42.1 Å². The maximum atomic E-state index is 12.7. The monoisotopic (exact) mass is 834 g/mol. The van der Waals surface area contributed by atoms with Crippen LogP contribution in [0.3, 0.4) is 0 Å². The van der Waals surface area contributed by atoms with E-state index in [1.807, 2.05) is 21.1 Å². The van der Waals surface area contributed by atoms with Crippen LogP contribution >= 0.6 is 7.82 Å². The molecule has 0 aromatic carbocycles. The van der Waals surface area contributed by atoms with E-state index in [2.05, 4.69) is 86.8 Å². The predicted octanol–water partition coefficient (Wildman–Crippen LogP) is 12.4. The molecule has 0 aliphatic heterocycles. The Kier molecular flexibility index (Phi) is 38.1. The quantitative estimate of drug-likeness (QED) is 0.0197. The van der Waals surface area contributed by atoms with Gasteiger partial charge in [0.2, 0.25) is 0 Å². The summed E-state index contributed by atoms with van der Waals surface area (Å²) in [4.78, 5) is 37.5. The lowest BCUT2D eigenvalue weighted by atomic mass is 10.1. The van der Waals surface area contributed by atoms with Crippen LogP contribution in [0.1, 0.15) is 168 Å². The second-order valence-corrected chi connectivity index (χ2v) is 17.4. The van der Waals surface area contributed by atoms with Crippen molar-refractivity contribution in [3.8, 4) is 0 Å². The number of nitrogens with zero attached hydrogens (tertiary/aromatic N) is 1. The van der Waals surface area contributed by atoms with Gasteiger partial charge in [-0.25, -0.2) is 0 Å². The lowest BCUT2D eigenvalue weighted by Gasteiger charge is -2.28. The molecule has 9 nitrogen and oxygen atoms in total. The first-order chi connectivity index (χ1) is 28.0. The maximum Gasteiger partial charge on any atom is 0.306 e. The Balaban J connectivity index is 4.45. The third kappa shape index (κ3) is 43.0.